The Morgan fingerprint density at radius 2 is 2.38 bits per heavy atom. The highest BCUT2D eigenvalue weighted by atomic mass is 32.1. The SMILES string of the molecule is O=C1CCC2CN(c3nc4sccn4c3CO)CCC2N1. The molecule has 0 radical (unpaired) electrons. The van der Waals surface area contributed by atoms with Crippen LogP contribution in [0.5, 0.6) is 0 Å². The van der Waals surface area contributed by atoms with Gasteiger partial charge in [-0.15, -0.1) is 11.3 Å². The van der Waals surface area contributed by atoms with Gasteiger partial charge >= 0.3 is 0 Å². The van der Waals surface area contributed by atoms with Gasteiger partial charge in [0.2, 0.25) is 5.91 Å². The lowest BCUT2D eigenvalue weighted by atomic mass is 9.85. The molecule has 0 bridgehead atoms. The highest BCUT2D eigenvalue weighted by Gasteiger charge is 2.35. The van der Waals surface area contributed by atoms with E-state index in [-0.39, 0.29) is 12.5 Å². The molecule has 0 saturated carbocycles. The number of anilines is 1. The van der Waals surface area contributed by atoms with Crippen molar-refractivity contribution in [3.63, 3.8) is 0 Å². The first-order valence-corrected chi connectivity index (χ1v) is 8.24. The minimum absolute atomic E-state index is 0.00539. The van der Waals surface area contributed by atoms with E-state index in [1.807, 2.05) is 16.0 Å². The summed E-state index contributed by atoms with van der Waals surface area (Å²) >= 11 is 1.58. The number of hydrogen-bond donors (Lipinski definition) is 2. The Bertz CT molecular complexity index is 680. The van der Waals surface area contributed by atoms with Crippen molar-refractivity contribution in [3.8, 4) is 0 Å². The van der Waals surface area contributed by atoms with E-state index in [2.05, 4.69) is 15.2 Å². The minimum Gasteiger partial charge on any atom is -0.390 e. The lowest BCUT2D eigenvalue weighted by molar-refractivity contribution is -0.124. The molecule has 6 nitrogen and oxygen atoms in total. The molecule has 21 heavy (non-hydrogen) atoms. The average Bonchev–Trinajstić information content (AvgIpc) is 3.06. The quantitative estimate of drug-likeness (QED) is 0.868. The molecule has 2 N–H and O–H groups in total. The fourth-order valence-corrected chi connectivity index (χ4v) is 4.25. The largest absolute Gasteiger partial charge is 0.390 e. The van der Waals surface area contributed by atoms with Crippen molar-refractivity contribution in [3.05, 3.63) is 17.3 Å². The summed E-state index contributed by atoms with van der Waals surface area (Å²) in [7, 11) is 0. The number of imidazole rings is 1. The maximum Gasteiger partial charge on any atom is 0.220 e. The number of aromatic nitrogens is 2. The Labute approximate surface area is 126 Å². The molecular formula is C14H18N4O2S. The molecule has 112 valence electrons. The van der Waals surface area contributed by atoms with Crippen molar-refractivity contribution in [2.75, 3.05) is 18.0 Å². The van der Waals surface area contributed by atoms with Crippen LogP contribution in [0.4, 0.5) is 5.82 Å². The summed E-state index contributed by atoms with van der Waals surface area (Å²) in [6.07, 6.45) is 4.48. The van der Waals surface area contributed by atoms with Crippen molar-refractivity contribution >= 4 is 28.0 Å². The van der Waals surface area contributed by atoms with E-state index in [9.17, 15) is 9.90 Å². The van der Waals surface area contributed by atoms with Gasteiger partial charge in [-0.1, -0.05) is 0 Å². The van der Waals surface area contributed by atoms with E-state index in [0.29, 0.717) is 18.4 Å². The van der Waals surface area contributed by atoms with Gasteiger partial charge < -0.3 is 15.3 Å². The maximum atomic E-state index is 11.5. The summed E-state index contributed by atoms with van der Waals surface area (Å²) in [4.78, 5) is 19.4. The van der Waals surface area contributed by atoms with Crippen molar-refractivity contribution in [2.45, 2.75) is 31.9 Å². The van der Waals surface area contributed by atoms with E-state index in [4.69, 9.17) is 0 Å². The Morgan fingerprint density at radius 3 is 3.24 bits per heavy atom. The van der Waals surface area contributed by atoms with Crippen LogP contribution < -0.4 is 10.2 Å². The van der Waals surface area contributed by atoms with Crippen molar-refractivity contribution < 1.29 is 9.90 Å². The van der Waals surface area contributed by atoms with Gasteiger partial charge in [-0.25, -0.2) is 4.98 Å². The second kappa shape index (κ2) is 4.99. The highest BCUT2D eigenvalue weighted by Crippen LogP contribution is 2.31. The molecule has 1 amide bonds. The van der Waals surface area contributed by atoms with E-state index >= 15 is 0 Å². The van der Waals surface area contributed by atoms with Crippen molar-refractivity contribution in [1.29, 1.82) is 0 Å². The fraction of sp³-hybridized carbons (Fsp3) is 0.571. The van der Waals surface area contributed by atoms with E-state index in [0.717, 1.165) is 42.4 Å². The van der Waals surface area contributed by atoms with E-state index in [1.54, 1.807) is 11.3 Å². The van der Waals surface area contributed by atoms with Crippen molar-refractivity contribution in [1.82, 2.24) is 14.7 Å². The van der Waals surface area contributed by atoms with Gasteiger partial charge in [0.15, 0.2) is 10.8 Å². The lowest BCUT2D eigenvalue weighted by Gasteiger charge is -2.41. The molecule has 2 aliphatic heterocycles. The number of nitrogens with zero attached hydrogens (tertiary/aromatic N) is 3. The summed E-state index contributed by atoms with van der Waals surface area (Å²) in [6.45, 7) is 1.77. The zero-order valence-corrected chi connectivity index (χ0v) is 12.5. The number of aliphatic hydroxyl groups is 1. The third-order valence-corrected chi connectivity index (χ3v) is 5.37. The molecule has 4 heterocycles. The second-order valence-electron chi connectivity index (χ2n) is 5.80. The van der Waals surface area contributed by atoms with Gasteiger partial charge in [0, 0.05) is 37.1 Å². The Morgan fingerprint density at radius 1 is 1.48 bits per heavy atom. The molecule has 2 aromatic rings. The average molecular weight is 306 g/mol. The molecule has 2 atom stereocenters. The molecule has 0 aliphatic carbocycles. The number of hydrogen-bond acceptors (Lipinski definition) is 5. The molecule has 2 fully saturated rings. The number of piperidine rings is 2. The van der Waals surface area contributed by atoms with Crippen LogP contribution in [0.1, 0.15) is 25.0 Å². The van der Waals surface area contributed by atoms with Crippen LogP contribution in [0, 0.1) is 5.92 Å². The standard InChI is InChI=1S/C14H18N4O2S/c19-8-11-13(16-14-18(11)5-6-21-14)17-4-3-10-9(7-17)1-2-12(20)15-10/h5-6,9-10,19H,1-4,7-8H2,(H,15,20). The van der Waals surface area contributed by atoms with Crippen LogP contribution in [-0.4, -0.2) is 39.5 Å². The highest BCUT2D eigenvalue weighted by molar-refractivity contribution is 7.15. The first kappa shape index (κ1) is 13.1. The summed E-state index contributed by atoms with van der Waals surface area (Å²) in [6, 6.07) is 0.309. The number of thiazole rings is 1. The number of nitrogens with one attached hydrogen (secondary N) is 1. The molecule has 0 aromatic carbocycles. The zero-order valence-electron chi connectivity index (χ0n) is 11.7. The van der Waals surface area contributed by atoms with Gasteiger partial charge in [0.05, 0.1) is 12.3 Å². The van der Waals surface area contributed by atoms with Crippen LogP contribution in [0.15, 0.2) is 11.6 Å². The van der Waals surface area contributed by atoms with E-state index < -0.39 is 0 Å². The smallest absolute Gasteiger partial charge is 0.220 e. The number of carbonyl (C=O) groups excluding carboxylic acids is 1. The summed E-state index contributed by atoms with van der Waals surface area (Å²) < 4.78 is 1.97. The number of carbonyl (C=O) groups is 1. The Balaban J connectivity index is 1.61. The molecule has 2 aliphatic rings. The van der Waals surface area contributed by atoms with Gasteiger partial charge in [-0.05, 0) is 18.8 Å². The van der Waals surface area contributed by atoms with Gasteiger partial charge in [-0.2, -0.15) is 0 Å². The van der Waals surface area contributed by atoms with E-state index in [1.165, 1.54) is 0 Å². The Kier molecular flexibility index (Phi) is 3.11. The van der Waals surface area contributed by atoms with Crippen LogP contribution in [-0.2, 0) is 11.4 Å². The first-order chi connectivity index (χ1) is 10.3. The predicted octanol–water partition coefficient (Wildman–Crippen LogP) is 0.993. The van der Waals surface area contributed by atoms with Crippen molar-refractivity contribution in [2.24, 2.45) is 5.92 Å². The molecule has 7 heteroatoms. The molecule has 2 saturated heterocycles. The van der Waals surface area contributed by atoms with Gasteiger partial charge in [0.1, 0.15) is 0 Å². The number of amides is 1. The van der Waals surface area contributed by atoms with Crippen LogP contribution in [0.3, 0.4) is 0 Å². The number of rotatable bonds is 2. The summed E-state index contributed by atoms with van der Waals surface area (Å²) in [5.41, 5.74) is 0.865. The van der Waals surface area contributed by atoms with Gasteiger partial charge in [0.25, 0.3) is 0 Å². The summed E-state index contributed by atoms with van der Waals surface area (Å²) in [5, 5.41) is 14.8. The molecular weight excluding hydrogens is 288 g/mol. The lowest BCUT2D eigenvalue weighted by Crippen LogP contribution is -2.54. The molecule has 4 rings (SSSR count). The van der Waals surface area contributed by atoms with Crippen LogP contribution in [0.25, 0.3) is 4.96 Å². The minimum atomic E-state index is -0.00539. The predicted molar refractivity (Wildman–Crippen MR) is 80.5 cm³/mol. The zero-order chi connectivity index (χ0) is 14.4. The van der Waals surface area contributed by atoms with Crippen LogP contribution in [0.2, 0.25) is 0 Å². The monoisotopic (exact) mass is 306 g/mol. The third-order valence-electron chi connectivity index (χ3n) is 4.61. The Hall–Kier alpha value is -1.60. The summed E-state index contributed by atoms with van der Waals surface area (Å²) in [5.74, 6) is 1.57. The maximum absolute atomic E-state index is 11.5. The molecule has 2 unspecified atom stereocenters. The fourth-order valence-electron chi connectivity index (χ4n) is 3.52. The molecule has 2 aromatic heterocycles. The first-order valence-electron chi connectivity index (χ1n) is 7.36. The normalized spacial score (nSPS) is 26.0. The van der Waals surface area contributed by atoms with Gasteiger partial charge in [-0.3, -0.25) is 9.20 Å². The second-order valence-corrected chi connectivity index (χ2v) is 6.68. The third kappa shape index (κ3) is 2.11. The van der Waals surface area contributed by atoms with Crippen LogP contribution >= 0.6 is 11.3 Å². The topological polar surface area (TPSA) is 69.9 Å². The molecule has 0 spiro atoms. The number of aliphatic hydroxyl groups excluding tert-OH is 1. The number of fused-ring (bicyclic) bond motifs is 2.